The molecule has 0 aliphatic carbocycles. The molecular weight excluding hydrogens is 388 g/mol. The number of hydrogen-bond donors (Lipinski definition) is 2. The maximum Gasteiger partial charge on any atom is 0.516 e. The van der Waals surface area contributed by atoms with E-state index in [0.717, 1.165) is 0 Å². The van der Waals surface area contributed by atoms with Gasteiger partial charge in [-0.1, -0.05) is 29.8 Å². The SMILES string of the molecule is CC(C)(C)OC(=O)OC(=O)[C@H](N)CCCCNC(=O)OCc1ccccc1Cl. The average Bonchev–Trinajstić information content (AvgIpc) is 2.58. The van der Waals surface area contributed by atoms with Gasteiger partial charge >= 0.3 is 18.2 Å². The Morgan fingerprint density at radius 3 is 2.50 bits per heavy atom. The number of carbonyl (C=O) groups excluding carboxylic acids is 3. The fourth-order valence-corrected chi connectivity index (χ4v) is 2.23. The summed E-state index contributed by atoms with van der Waals surface area (Å²) in [6.07, 6.45) is -0.202. The number of carbonyl (C=O) groups is 3. The molecule has 1 atom stereocenters. The third-order valence-corrected chi connectivity index (χ3v) is 3.77. The monoisotopic (exact) mass is 414 g/mol. The zero-order chi connectivity index (χ0) is 21.2. The van der Waals surface area contributed by atoms with Crippen molar-refractivity contribution in [3.8, 4) is 0 Å². The number of alkyl carbamates (subject to hydrolysis) is 1. The van der Waals surface area contributed by atoms with Crippen molar-refractivity contribution in [3.63, 3.8) is 0 Å². The Labute approximate surface area is 169 Å². The summed E-state index contributed by atoms with van der Waals surface area (Å²) in [6.45, 7) is 5.41. The lowest BCUT2D eigenvalue weighted by molar-refractivity contribution is -0.143. The first-order valence-corrected chi connectivity index (χ1v) is 9.30. The summed E-state index contributed by atoms with van der Waals surface area (Å²) in [6, 6.07) is 6.14. The normalized spacial score (nSPS) is 12.0. The van der Waals surface area contributed by atoms with Crippen LogP contribution >= 0.6 is 11.6 Å². The molecule has 8 nitrogen and oxygen atoms in total. The first-order chi connectivity index (χ1) is 13.1. The maximum atomic E-state index is 11.7. The molecule has 0 heterocycles. The molecule has 0 spiro atoms. The van der Waals surface area contributed by atoms with Crippen LogP contribution in [0.2, 0.25) is 5.02 Å². The van der Waals surface area contributed by atoms with Crippen molar-refractivity contribution in [2.75, 3.05) is 6.54 Å². The van der Waals surface area contributed by atoms with Crippen LogP contribution in [-0.4, -0.2) is 36.4 Å². The molecule has 0 saturated heterocycles. The van der Waals surface area contributed by atoms with Gasteiger partial charge in [0.05, 0.1) is 0 Å². The predicted molar refractivity (Wildman–Crippen MR) is 104 cm³/mol. The summed E-state index contributed by atoms with van der Waals surface area (Å²) in [5.74, 6) is -0.846. The van der Waals surface area contributed by atoms with Crippen molar-refractivity contribution in [1.82, 2.24) is 5.32 Å². The van der Waals surface area contributed by atoms with Crippen molar-refractivity contribution in [2.45, 2.75) is 58.3 Å². The molecule has 0 aromatic heterocycles. The van der Waals surface area contributed by atoms with Crippen LogP contribution in [-0.2, 0) is 25.6 Å². The van der Waals surface area contributed by atoms with E-state index in [0.29, 0.717) is 36.4 Å². The molecule has 1 rings (SSSR count). The lowest BCUT2D eigenvalue weighted by Crippen LogP contribution is -2.35. The second-order valence-corrected chi connectivity index (χ2v) is 7.49. The lowest BCUT2D eigenvalue weighted by atomic mass is 10.1. The van der Waals surface area contributed by atoms with Crippen LogP contribution in [0.3, 0.4) is 0 Å². The molecule has 0 radical (unpaired) electrons. The van der Waals surface area contributed by atoms with Gasteiger partial charge in [0, 0.05) is 17.1 Å². The van der Waals surface area contributed by atoms with E-state index in [1.54, 1.807) is 45.0 Å². The van der Waals surface area contributed by atoms with Crippen LogP contribution in [0.5, 0.6) is 0 Å². The fraction of sp³-hybridized carbons (Fsp3) is 0.526. The number of unbranched alkanes of at least 4 members (excludes halogenated alkanes) is 1. The molecule has 3 N–H and O–H groups in total. The van der Waals surface area contributed by atoms with Gasteiger partial charge in [-0.05, 0) is 46.1 Å². The van der Waals surface area contributed by atoms with Gasteiger partial charge in [0.15, 0.2) is 0 Å². The fourth-order valence-electron chi connectivity index (χ4n) is 2.04. The van der Waals surface area contributed by atoms with E-state index in [2.05, 4.69) is 10.1 Å². The highest BCUT2D eigenvalue weighted by Gasteiger charge is 2.23. The molecule has 0 aliphatic rings. The number of halogens is 1. The van der Waals surface area contributed by atoms with Gasteiger partial charge in [-0.2, -0.15) is 0 Å². The zero-order valence-corrected chi connectivity index (χ0v) is 17.1. The number of hydrogen-bond acceptors (Lipinski definition) is 7. The average molecular weight is 415 g/mol. The smallest absolute Gasteiger partial charge is 0.445 e. The summed E-state index contributed by atoms with van der Waals surface area (Å²) in [4.78, 5) is 34.8. The minimum atomic E-state index is -1.07. The molecule has 0 aliphatic heterocycles. The van der Waals surface area contributed by atoms with Gasteiger partial charge in [-0.3, -0.25) is 0 Å². The third kappa shape index (κ3) is 10.1. The van der Waals surface area contributed by atoms with Crippen LogP contribution in [0.4, 0.5) is 9.59 Å². The van der Waals surface area contributed by atoms with Crippen LogP contribution < -0.4 is 11.1 Å². The quantitative estimate of drug-likeness (QED) is 0.379. The minimum Gasteiger partial charge on any atom is -0.445 e. The third-order valence-electron chi connectivity index (χ3n) is 3.40. The van der Waals surface area contributed by atoms with Crippen molar-refractivity contribution in [2.24, 2.45) is 5.73 Å². The van der Waals surface area contributed by atoms with Gasteiger partial charge in [0.25, 0.3) is 0 Å². The molecule has 0 unspecified atom stereocenters. The maximum absolute atomic E-state index is 11.7. The van der Waals surface area contributed by atoms with Crippen molar-refractivity contribution in [1.29, 1.82) is 0 Å². The standard InChI is InChI=1S/C19H27ClN2O6/c1-19(2,3)28-18(25)27-16(23)15(21)10-6-7-11-22-17(24)26-12-13-8-4-5-9-14(13)20/h4-5,8-9,15H,6-7,10-12,21H2,1-3H3,(H,22,24)/t15-/m1/s1. The highest BCUT2D eigenvalue weighted by Crippen LogP contribution is 2.15. The molecule has 0 saturated carbocycles. The Morgan fingerprint density at radius 1 is 1.18 bits per heavy atom. The van der Waals surface area contributed by atoms with E-state index < -0.39 is 29.9 Å². The van der Waals surface area contributed by atoms with E-state index in [1.807, 2.05) is 0 Å². The molecule has 156 valence electrons. The number of nitrogens with two attached hydrogens (primary N) is 1. The van der Waals surface area contributed by atoms with E-state index in [-0.39, 0.29) is 6.61 Å². The van der Waals surface area contributed by atoms with Gasteiger partial charge in [-0.15, -0.1) is 0 Å². The first kappa shape index (κ1) is 23.7. The van der Waals surface area contributed by atoms with Crippen molar-refractivity contribution in [3.05, 3.63) is 34.9 Å². The van der Waals surface area contributed by atoms with Crippen LogP contribution in [0, 0.1) is 0 Å². The number of ether oxygens (including phenoxy) is 3. The first-order valence-electron chi connectivity index (χ1n) is 8.93. The van der Waals surface area contributed by atoms with Crippen molar-refractivity contribution < 1.29 is 28.6 Å². The van der Waals surface area contributed by atoms with Crippen LogP contribution in [0.1, 0.15) is 45.6 Å². The number of benzene rings is 1. The molecule has 1 aromatic rings. The second-order valence-electron chi connectivity index (χ2n) is 7.08. The Morgan fingerprint density at radius 2 is 1.86 bits per heavy atom. The van der Waals surface area contributed by atoms with E-state index in [9.17, 15) is 14.4 Å². The molecule has 28 heavy (non-hydrogen) atoms. The van der Waals surface area contributed by atoms with Gasteiger partial charge in [-0.25, -0.2) is 14.4 Å². The lowest BCUT2D eigenvalue weighted by Gasteiger charge is -2.19. The summed E-state index contributed by atoms with van der Waals surface area (Å²) in [5.41, 5.74) is 5.65. The molecule has 1 aromatic carbocycles. The predicted octanol–water partition coefficient (Wildman–Crippen LogP) is 3.54. The Balaban J connectivity index is 2.15. The van der Waals surface area contributed by atoms with Crippen LogP contribution in [0.15, 0.2) is 24.3 Å². The van der Waals surface area contributed by atoms with Crippen molar-refractivity contribution >= 4 is 29.8 Å². The molecule has 0 bridgehead atoms. The second kappa shape index (κ2) is 11.5. The number of rotatable bonds is 8. The van der Waals surface area contributed by atoms with Crippen LogP contribution in [0.25, 0.3) is 0 Å². The molecule has 1 amide bonds. The van der Waals surface area contributed by atoms with E-state index >= 15 is 0 Å². The Hall–Kier alpha value is -2.32. The number of amides is 1. The number of nitrogens with one attached hydrogen (secondary N) is 1. The highest BCUT2D eigenvalue weighted by atomic mass is 35.5. The topological polar surface area (TPSA) is 117 Å². The summed E-state index contributed by atoms with van der Waals surface area (Å²) in [5, 5.41) is 3.13. The minimum absolute atomic E-state index is 0.0763. The summed E-state index contributed by atoms with van der Waals surface area (Å²) < 4.78 is 14.5. The summed E-state index contributed by atoms with van der Waals surface area (Å²) in [7, 11) is 0. The number of esters is 1. The van der Waals surface area contributed by atoms with Gasteiger partial charge in [0.2, 0.25) is 0 Å². The Bertz CT molecular complexity index is 675. The Kier molecular flexibility index (Phi) is 9.75. The zero-order valence-electron chi connectivity index (χ0n) is 16.3. The molecule has 0 fully saturated rings. The summed E-state index contributed by atoms with van der Waals surface area (Å²) >= 11 is 5.98. The van der Waals surface area contributed by atoms with Gasteiger partial charge in [0.1, 0.15) is 18.2 Å². The molecule has 9 heteroatoms. The van der Waals surface area contributed by atoms with E-state index in [4.69, 9.17) is 26.8 Å². The largest absolute Gasteiger partial charge is 0.516 e. The van der Waals surface area contributed by atoms with Gasteiger partial charge < -0.3 is 25.3 Å². The highest BCUT2D eigenvalue weighted by molar-refractivity contribution is 6.31. The van der Waals surface area contributed by atoms with E-state index in [1.165, 1.54) is 0 Å². The molecular formula is C19H27ClN2O6.